The van der Waals surface area contributed by atoms with Crippen molar-refractivity contribution in [3.05, 3.63) is 54.1 Å². The van der Waals surface area contributed by atoms with E-state index in [-0.39, 0.29) is 6.10 Å². The SMILES string of the molecule is COc1ccc(OCC2CN(Cc3ccccc3OC)CCO2)cc1. The van der Waals surface area contributed by atoms with Gasteiger partial charge in [-0.3, -0.25) is 4.90 Å². The zero-order valence-corrected chi connectivity index (χ0v) is 14.8. The van der Waals surface area contributed by atoms with E-state index in [1.54, 1.807) is 14.2 Å². The molecule has 25 heavy (non-hydrogen) atoms. The Morgan fingerprint density at radius 1 is 1.00 bits per heavy atom. The molecule has 1 aliphatic rings. The van der Waals surface area contributed by atoms with Crippen LogP contribution in [0.1, 0.15) is 5.56 Å². The van der Waals surface area contributed by atoms with Crippen LogP contribution in [0.2, 0.25) is 0 Å². The smallest absolute Gasteiger partial charge is 0.123 e. The predicted octanol–water partition coefficient (Wildman–Crippen LogP) is 2.98. The van der Waals surface area contributed by atoms with Gasteiger partial charge in [0.25, 0.3) is 0 Å². The maximum atomic E-state index is 5.86. The van der Waals surface area contributed by atoms with E-state index in [9.17, 15) is 0 Å². The molecule has 0 radical (unpaired) electrons. The van der Waals surface area contributed by atoms with Crippen molar-refractivity contribution in [2.75, 3.05) is 40.5 Å². The van der Waals surface area contributed by atoms with Crippen molar-refractivity contribution in [2.24, 2.45) is 0 Å². The number of ether oxygens (including phenoxy) is 4. The lowest BCUT2D eigenvalue weighted by Crippen LogP contribution is -2.44. The van der Waals surface area contributed by atoms with Crippen LogP contribution in [0, 0.1) is 0 Å². The van der Waals surface area contributed by atoms with Crippen molar-refractivity contribution < 1.29 is 18.9 Å². The van der Waals surface area contributed by atoms with Crippen LogP contribution in [-0.2, 0) is 11.3 Å². The van der Waals surface area contributed by atoms with Gasteiger partial charge in [0, 0.05) is 25.2 Å². The molecule has 2 aromatic rings. The molecule has 0 spiro atoms. The predicted molar refractivity (Wildman–Crippen MR) is 96.5 cm³/mol. The third kappa shape index (κ3) is 4.87. The van der Waals surface area contributed by atoms with Crippen molar-refractivity contribution in [1.29, 1.82) is 0 Å². The second kappa shape index (κ2) is 8.74. The number of hydrogen-bond donors (Lipinski definition) is 0. The topological polar surface area (TPSA) is 40.2 Å². The lowest BCUT2D eigenvalue weighted by atomic mass is 10.1. The molecule has 1 unspecified atom stereocenters. The van der Waals surface area contributed by atoms with E-state index in [4.69, 9.17) is 18.9 Å². The first-order chi connectivity index (χ1) is 12.3. The summed E-state index contributed by atoms with van der Waals surface area (Å²) in [6.07, 6.45) is 0.0607. The monoisotopic (exact) mass is 343 g/mol. The van der Waals surface area contributed by atoms with Crippen LogP contribution in [0.5, 0.6) is 17.2 Å². The quantitative estimate of drug-likeness (QED) is 0.773. The summed E-state index contributed by atoms with van der Waals surface area (Å²) < 4.78 is 22.3. The molecule has 1 fully saturated rings. The fraction of sp³-hybridized carbons (Fsp3) is 0.400. The van der Waals surface area contributed by atoms with Gasteiger partial charge in [-0.05, 0) is 30.3 Å². The van der Waals surface area contributed by atoms with Crippen LogP contribution in [0.15, 0.2) is 48.5 Å². The Labute approximate surface area is 149 Å². The average Bonchev–Trinajstić information content (AvgIpc) is 2.67. The van der Waals surface area contributed by atoms with Gasteiger partial charge < -0.3 is 18.9 Å². The van der Waals surface area contributed by atoms with E-state index >= 15 is 0 Å². The standard InChI is InChI=1S/C20H25NO4/c1-22-17-7-9-18(10-8-17)25-15-19-14-21(11-12-24-19)13-16-5-3-4-6-20(16)23-2/h3-10,19H,11-15H2,1-2H3. The summed E-state index contributed by atoms with van der Waals surface area (Å²) in [5.41, 5.74) is 1.20. The highest BCUT2D eigenvalue weighted by Crippen LogP contribution is 2.21. The van der Waals surface area contributed by atoms with E-state index in [0.717, 1.165) is 36.9 Å². The molecule has 1 saturated heterocycles. The van der Waals surface area contributed by atoms with Gasteiger partial charge in [-0.15, -0.1) is 0 Å². The van der Waals surface area contributed by atoms with Crippen molar-refractivity contribution >= 4 is 0 Å². The van der Waals surface area contributed by atoms with Gasteiger partial charge in [-0.2, -0.15) is 0 Å². The number of para-hydroxylation sites is 1. The molecule has 5 heteroatoms. The lowest BCUT2D eigenvalue weighted by Gasteiger charge is -2.33. The van der Waals surface area contributed by atoms with Crippen LogP contribution in [0.25, 0.3) is 0 Å². The Morgan fingerprint density at radius 2 is 1.76 bits per heavy atom. The fourth-order valence-electron chi connectivity index (χ4n) is 2.96. The molecule has 2 aromatic carbocycles. The van der Waals surface area contributed by atoms with Gasteiger partial charge in [0.2, 0.25) is 0 Å². The van der Waals surface area contributed by atoms with E-state index < -0.39 is 0 Å². The maximum Gasteiger partial charge on any atom is 0.123 e. The van der Waals surface area contributed by atoms with Crippen molar-refractivity contribution in [1.82, 2.24) is 4.90 Å². The summed E-state index contributed by atoms with van der Waals surface area (Å²) in [6, 6.07) is 15.8. The zero-order chi connectivity index (χ0) is 17.5. The highest BCUT2D eigenvalue weighted by Gasteiger charge is 2.22. The number of methoxy groups -OCH3 is 2. The Hall–Kier alpha value is -2.24. The van der Waals surface area contributed by atoms with Gasteiger partial charge >= 0.3 is 0 Å². The highest BCUT2D eigenvalue weighted by molar-refractivity contribution is 5.33. The van der Waals surface area contributed by atoms with E-state index in [1.165, 1.54) is 5.56 Å². The van der Waals surface area contributed by atoms with Crippen LogP contribution >= 0.6 is 0 Å². The van der Waals surface area contributed by atoms with Crippen LogP contribution in [0.4, 0.5) is 0 Å². The minimum atomic E-state index is 0.0607. The maximum absolute atomic E-state index is 5.86. The average molecular weight is 343 g/mol. The molecular weight excluding hydrogens is 318 g/mol. The third-order valence-electron chi connectivity index (χ3n) is 4.30. The molecule has 134 valence electrons. The molecule has 1 heterocycles. The molecule has 1 aliphatic heterocycles. The molecule has 0 bridgehead atoms. The number of hydrogen-bond acceptors (Lipinski definition) is 5. The molecule has 0 amide bonds. The van der Waals surface area contributed by atoms with Crippen LogP contribution in [-0.4, -0.2) is 51.5 Å². The summed E-state index contributed by atoms with van der Waals surface area (Å²) in [5, 5.41) is 0. The first-order valence-corrected chi connectivity index (χ1v) is 8.51. The van der Waals surface area contributed by atoms with E-state index in [1.807, 2.05) is 42.5 Å². The van der Waals surface area contributed by atoms with Crippen LogP contribution < -0.4 is 14.2 Å². The summed E-state index contributed by atoms with van der Waals surface area (Å²) in [5.74, 6) is 2.58. The number of nitrogens with zero attached hydrogens (tertiary/aromatic N) is 1. The summed E-state index contributed by atoms with van der Waals surface area (Å²) in [7, 11) is 3.37. The Bertz CT molecular complexity index is 659. The van der Waals surface area contributed by atoms with Gasteiger partial charge in [0.15, 0.2) is 0 Å². The Morgan fingerprint density at radius 3 is 2.52 bits per heavy atom. The molecule has 0 saturated carbocycles. The highest BCUT2D eigenvalue weighted by atomic mass is 16.5. The van der Waals surface area contributed by atoms with Gasteiger partial charge in [-0.1, -0.05) is 18.2 Å². The van der Waals surface area contributed by atoms with Gasteiger partial charge in [-0.25, -0.2) is 0 Å². The van der Waals surface area contributed by atoms with Crippen molar-refractivity contribution in [2.45, 2.75) is 12.6 Å². The number of benzene rings is 2. The largest absolute Gasteiger partial charge is 0.497 e. The van der Waals surface area contributed by atoms with Gasteiger partial charge in [0.1, 0.15) is 30.0 Å². The van der Waals surface area contributed by atoms with Crippen LogP contribution in [0.3, 0.4) is 0 Å². The second-order valence-electron chi connectivity index (χ2n) is 6.03. The molecule has 0 aliphatic carbocycles. The third-order valence-corrected chi connectivity index (χ3v) is 4.30. The Balaban J connectivity index is 1.52. The first kappa shape index (κ1) is 17.6. The molecule has 0 aromatic heterocycles. The summed E-state index contributed by atoms with van der Waals surface area (Å²) >= 11 is 0. The number of rotatable bonds is 7. The minimum Gasteiger partial charge on any atom is -0.497 e. The second-order valence-corrected chi connectivity index (χ2v) is 6.03. The van der Waals surface area contributed by atoms with Gasteiger partial charge in [0.05, 0.1) is 20.8 Å². The molecular formula is C20H25NO4. The molecule has 3 rings (SSSR count). The van der Waals surface area contributed by atoms with E-state index in [2.05, 4.69) is 11.0 Å². The fourth-order valence-corrected chi connectivity index (χ4v) is 2.96. The zero-order valence-electron chi connectivity index (χ0n) is 14.8. The normalized spacial score (nSPS) is 17.9. The van der Waals surface area contributed by atoms with Crippen molar-refractivity contribution in [3.8, 4) is 17.2 Å². The summed E-state index contributed by atoms with van der Waals surface area (Å²) in [4.78, 5) is 2.38. The molecule has 1 atom stereocenters. The molecule has 5 nitrogen and oxygen atoms in total. The minimum absolute atomic E-state index is 0.0607. The first-order valence-electron chi connectivity index (χ1n) is 8.51. The van der Waals surface area contributed by atoms with Crippen molar-refractivity contribution in [3.63, 3.8) is 0 Å². The lowest BCUT2D eigenvalue weighted by molar-refractivity contribution is -0.0505. The van der Waals surface area contributed by atoms with E-state index in [0.29, 0.717) is 13.2 Å². The molecule has 0 N–H and O–H groups in total. The summed E-state index contributed by atoms with van der Waals surface area (Å²) in [6.45, 7) is 3.86. The number of morpholine rings is 1. The Kier molecular flexibility index (Phi) is 6.14.